The van der Waals surface area contributed by atoms with Crippen molar-refractivity contribution in [3.8, 4) is 5.75 Å². The molecule has 4 N–H and O–H groups in total. The summed E-state index contributed by atoms with van der Waals surface area (Å²) in [5.41, 5.74) is 1.78. The molecule has 0 bridgehead atoms. The summed E-state index contributed by atoms with van der Waals surface area (Å²) in [7, 11) is 1.58. The van der Waals surface area contributed by atoms with E-state index in [0.29, 0.717) is 6.42 Å². The van der Waals surface area contributed by atoms with Gasteiger partial charge in [-0.15, -0.1) is 0 Å². The second-order valence-electron chi connectivity index (χ2n) is 6.67. The van der Waals surface area contributed by atoms with Gasteiger partial charge in [0, 0.05) is 13.1 Å². The summed E-state index contributed by atoms with van der Waals surface area (Å²) in [6, 6.07) is 16.5. The Balaban J connectivity index is 0.000000323. The predicted molar refractivity (Wildman–Crippen MR) is 117 cm³/mol. The molecule has 0 aliphatic carbocycles. The molecule has 9 heteroatoms. The number of carboxylic acids is 2. The first kappa shape index (κ1) is 26.2. The summed E-state index contributed by atoms with van der Waals surface area (Å²) >= 11 is 0. The van der Waals surface area contributed by atoms with Crippen molar-refractivity contribution in [1.29, 1.82) is 0 Å². The lowest BCUT2D eigenvalue weighted by Gasteiger charge is -2.04. The SMILES string of the molecule is COc1ccc(CC(=O)NCCC(=O)O)cc1.O=C(O)CCNC(=O)Cc1ccccc1. The van der Waals surface area contributed by atoms with Gasteiger partial charge in [0.05, 0.1) is 32.8 Å². The summed E-state index contributed by atoms with van der Waals surface area (Å²) in [6.07, 6.45) is 0.430. The number of rotatable bonds is 11. The van der Waals surface area contributed by atoms with Crippen molar-refractivity contribution in [2.45, 2.75) is 25.7 Å². The molecule has 2 aromatic carbocycles. The molecule has 0 unspecified atom stereocenters. The molecule has 0 radical (unpaired) electrons. The van der Waals surface area contributed by atoms with Crippen molar-refractivity contribution >= 4 is 23.8 Å². The number of carbonyl (C=O) groups excluding carboxylic acids is 2. The molecule has 0 atom stereocenters. The number of hydrogen-bond acceptors (Lipinski definition) is 5. The van der Waals surface area contributed by atoms with E-state index in [9.17, 15) is 19.2 Å². The lowest BCUT2D eigenvalue weighted by molar-refractivity contribution is -0.138. The standard InChI is InChI=1S/C12H15NO4.C11H13NO3/c1-17-10-4-2-9(3-5-10)8-11(14)13-7-6-12(15)16;13-10(12-7-6-11(14)15)8-9-4-2-1-3-5-9/h2-5H,6-8H2,1H3,(H,13,14)(H,15,16);1-5H,6-8H2,(H,12,13)(H,14,15). The van der Waals surface area contributed by atoms with Crippen molar-refractivity contribution < 1.29 is 34.1 Å². The highest BCUT2D eigenvalue weighted by atomic mass is 16.5. The van der Waals surface area contributed by atoms with Gasteiger partial charge in [-0.1, -0.05) is 42.5 Å². The Morgan fingerprint density at radius 2 is 1.16 bits per heavy atom. The Morgan fingerprint density at radius 3 is 1.56 bits per heavy atom. The Hall–Kier alpha value is -3.88. The largest absolute Gasteiger partial charge is 0.497 e. The summed E-state index contributed by atoms with van der Waals surface area (Å²) in [5.74, 6) is -1.43. The van der Waals surface area contributed by atoms with Crippen LogP contribution in [0.5, 0.6) is 5.75 Å². The van der Waals surface area contributed by atoms with Crippen LogP contribution in [0.15, 0.2) is 54.6 Å². The van der Waals surface area contributed by atoms with Crippen LogP contribution in [0.3, 0.4) is 0 Å². The third-order valence-electron chi connectivity index (χ3n) is 4.05. The maximum absolute atomic E-state index is 11.4. The smallest absolute Gasteiger partial charge is 0.305 e. The fourth-order valence-electron chi connectivity index (χ4n) is 2.45. The molecule has 0 saturated carbocycles. The van der Waals surface area contributed by atoms with Crippen molar-refractivity contribution in [1.82, 2.24) is 10.6 Å². The summed E-state index contributed by atoms with van der Waals surface area (Å²) in [5, 5.41) is 21.9. The van der Waals surface area contributed by atoms with Gasteiger partial charge >= 0.3 is 11.9 Å². The number of hydrogen-bond donors (Lipinski definition) is 4. The number of nitrogens with one attached hydrogen (secondary N) is 2. The van der Waals surface area contributed by atoms with Crippen LogP contribution in [0.2, 0.25) is 0 Å². The van der Waals surface area contributed by atoms with E-state index in [4.69, 9.17) is 14.9 Å². The highest BCUT2D eigenvalue weighted by Gasteiger charge is 2.05. The van der Waals surface area contributed by atoms with Crippen LogP contribution < -0.4 is 15.4 Å². The molecule has 0 aliphatic heterocycles. The third-order valence-corrected chi connectivity index (χ3v) is 4.05. The molecular weight excluding hydrogens is 416 g/mol. The zero-order valence-corrected chi connectivity index (χ0v) is 17.9. The van der Waals surface area contributed by atoms with Crippen LogP contribution in [-0.4, -0.2) is 54.2 Å². The highest BCUT2D eigenvalue weighted by Crippen LogP contribution is 2.11. The van der Waals surface area contributed by atoms with E-state index in [0.717, 1.165) is 16.9 Å². The van der Waals surface area contributed by atoms with E-state index in [1.807, 2.05) is 30.3 Å². The van der Waals surface area contributed by atoms with E-state index in [1.54, 1.807) is 31.4 Å². The van der Waals surface area contributed by atoms with E-state index in [2.05, 4.69) is 10.6 Å². The molecule has 2 rings (SSSR count). The minimum Gasteiger partial charge on any atom is -0.497 e. The van der Waals surface area contributed by atoms with Gasteiger partial charge < -0.3 is 25.6 Å². The number of amides is 2. The first-order valence-corrected chi connectivity index (χ1v) is 9.94. The zero-order chi connectivity index (χ0) is 23.8. The van der Waals surface area contributed by atoms with Crippen LogP contribution in [0.1, 0.15) is 24.0 Å². The van der Waals surface area contributed by atoms with Gasteiger partial charge in [-0.2, -0.15) is 0 Å². The van der Waals surface area contributed by atoms with Gasteiger partial charge in [0.15, 0.2) is 0 Å². The quantitative estimate of drug-likeness (QED) is 0.413. The van der Waals surface area contributed by atoms with Gasteiger partial charge in [-0.25, -0.2) is 0 Å². The Bertz CT molecular complexity index is 868. The molecule has 0 heterocycles. The van der Waals surface area contributed by atoms with Crippen LogP contribution >= 0.6 is 0 Å². The van der Waals surface area contributed by atoms with Crippen molar-refractivity contribution in [2.75, 3.05) is 20.2 Å². The van der Waals surface area contributed by atoms with Gasteiger partial charge in [-0.05, 0) is 23.3 Å². The van der Waals surface area contributed by atoms with Gasteiger partial charge in [0.25, 0.3) is 0 Å². The van der Waals surface area contributed by atoms with Gasteiger partial charge in [0.2, 0.25) is 11.8 Å². The van der Waals surface area contributed by atoms with Crippen molar-refractivity contribution in [2.24, 2.45) is 0 Å². The lowest BCUT2D eigenvalue weighted by Crippen LogP contribution is -2.27. The molecule has 0 aromatic heterocycles. The Morgan fingerprint density at radius 1 is 0.719 bits per heavy atom. The Kier molecular flexibility index (Phi) is 12.3. The second-order valence-corrected chi connectivity index (χ2v) is 6.67. The normalized spacial score (nSPS) is 9.66. The fourth-order valence-corrected chi connectivity index (χ4v) is 2.45. The molecule has 0 fully saturated rings. The lowest BCUT2D eigenvalue weighted by atomic mass is 10.1. The summed E-state index contributed by atoms with van der Waals surface area (Å²) in [6.45, 7) is 0.339. The van der Waals surface area contributed by atoms with Crippen LogP contribution in [0.4, 0.5) is 0 Å². The summed E-state index contributed by atoms with van der Waals surface area (Å²) < 4.78 is 5.00. The topological polar surface area (TPSA) is 142 Å². The Labute approximate surface area is 186 Å². The van der Waals surface area contributed by atoms with E-state index in [1.165, 1.54) is 0 Å². The minimum atomic E-state index is -0.922. The first-order chi connectivity index (χ1) is 15.3. The van der Waals surface area contributed by atoms with E-state index >= 15 is 0 Å². The van der Waals surface area contributed by atoms with Crippen LogP contribution in [0.25, 0.3) is 0 Å². The van der Waals surface area contributed by atoms with Crippen molar-refractivity contribution in [3.63, 3.8) is 0 Å². The van der Waals surface area contributed by atoms with Gasteiger partial charge in [0.1, 0.15) is 5.75 Å². The number of benzene rings is 2. The molecule has 0 saturated heterocycles. The van der Waals surface area contributed by atoms with Gasteiger partial charge in [-0.3, -0.25) is 19.2 Å². The number of methoxy groups -OCH3 is 1. The third kappa shape index (κ3) is 12.6. The van der Waals surface area contributed by atoms with Crippen LogP contribution in [-0.2, 0) is 32.0 Å². The van der Waals surface area contributed by atoms with Crippen LogP contribution in [0, 0.1) is 0 Å². The molecule has 172 valence electrons. The number of ether oxygens (including phenoxy) is 1. The number of carbonyl (C=O) groups is 4. The van der Waals surface area contributed by atoms with E-state index < -0.39 is 11.9 Å². The molecule has 9 nitrogen and oxygen atoms in total. The molecule has 0 spiro atoms. The fraction of sp³-hybridized carbons (Fsp3) is 0.304. The number of carboxylic acid groups (broad SMARTS) is 2. The first-order valence-electron chi connectivity index (χ1n) is 9.94. The van der Waals surface area contributed by atoms with Crippen molar-refractivity contribution in [3.05, 3.63) is 65.7 Å². The molecule has 0 aliphatic rings. The minimum absolute atomic E-state index is 0.0411. The average Bonchev–Trinajstić information content (AvgIpc) is 2.75. The average molecular weight is 444 g/mol. The summed E-state index contributed by atoms with van der Waals surface area (Å²) in [4.78, 5) is 43.1. The highest BCUT2D eigenvalue weighted by molar-refractivity contribution is 5.79. The second kappa shape index (κ2) is 15.0. The molecule has 32 heavy (non-hydrogen) atoms. The predicted octanol–water partition coefficient (Wildman–Crippen LogP) is 1.65. The molecule has 2 amide bonds. The monoisotopic (exact) mass is 444 g/mol. The van der Waals surface area contributed by atoms with E-state index in [-0.39, 0.29) is 44.2 Å². The molecule has 2 aromatic rings. The molecular formula is C23H28N2O7. The number of aliphatic carboxylic acids is 2. The maximum atomic E-state index is 11.4. The zero-order valence-electron chi connectivity index (χ0n) is 17.9. The maximum Gasteiger partial charge on any atom is 0.305 e.